The van der Waals surface area contributed by atoms with Crippen molar-refractivity contribution in [3.63, 3.8) is 0 Å². The quantitative estimate of drug-likeness (QED) is 0.816. The molecule has 0 bridgehead atoms. The van der Waals surface area contributed by atoms with E-state index in [9.17, 15) is 13.2 Å². The number of carbonyl (C=O) groups excluding carboxylic acids is 1. The van der Waals surface area contributed by atoms with Gasteiger partial charge in [0.1, 0.15) is 5.75 Å². The van der Waals surface area contributed by atoms with E-state index in [4.69, 9.17) is 16.3 Å². The standard InChI is InChI=1S/C16H21ClN2O4S/c1-18(12-5-3-4-6-12)16(20)15-10-19(24(2,21)22)13-9-11(17)7-8-14(13)23-15/h7-9,12,15H,3-6,10H2,1-2H3/t15-/m1/s1. The lowest BCUT2D eigenvalue weighted by Gasteiger charge is -2.36. The number of amides is 1. The Kier molecular flexibility index (Phi) is 4.66. The highest BCUT2D eigenvalue weighted by atomic mass is 35.5. The third-order valence-electron chi connectivity index (χ3n) is 4.69. The summed E-state index contributed by atoms with van der Waals surface area (Å²) in [6.45, 7) is -0.0396. The van der Waals surface area contributed by atoms with E-state index in [1.165, 1.54) is 4.31 Å². The molecule has 0 unspecified atom stereocenters. The Morgan fingerprint density at radius 2 is 2.00 bits per heavy atom. The molecule has 0 spiro atoms. The number of sulfonamides is 1. The minimum absolute atomic E-state index is 0.0396. The molecule has 1 amide bonds. The first-order chi connectivity index (χ1) is 11.3. The number of rotatable bonds is 3. The first-order valence-corrected chi connectivity index (χ1v) is 10.2. The van der Waals surface area contributed by atoms with Crippen molar-refractivity contribution in [2.45, 2.75) is 37.8 Å². The van der Waals surface area contributed by atoms with E-state index in [1.54, 1.807) is 30.1 Å². The first kappa shape index (κ1) is 17.4. The number of hydrogen-bond acceptors (Lipinski definition) is 4. The molecule has 1 heterocycles. The summed E-state index contributed by atoms with van der Waals surface area (Å²) < 4.78 is 31.3. The number of fused-ring (bicyclic) bond motifs is 1. The second-order valence-corrected chi connectivity index (χ2v) is 8.74. The summed E-state index contributed by atoms with van der Waals surface area (Å²) in [7, 11) is -1.78. The van der Waals surface area contributed by atoms with Gasteiger partial charge in [-0.2, -0.15) is 0 Å². The largest absolute Gasteiger partial charge is 0.476 e. The van der Waals surface area contributed by atoms with Gasteiger partial charge in [-0.05, 0) is 31.0 Å². The average Bonchev–Trinajstić information content (AvgIpc) is 3.05. The molecule has 6 nitrogen and oxygen atoms in total. The number of benzene rings is 1. The lowest BCUT2D eigenvalue weighted by molar-refractivity contribution is -0.139. The van der Waals surface area contributed by atoms with Gasteiger partial charge in [-0.3, -0.25) is 9.10 Å². The molecule has 1 aliphatic carbocycles. The summed E-state index contributed by atoms with van der Waals surface area (Å²) in [5, 5.41) is 0.416. The zero-order chi connectivity index (χ0) is 17.5. The van der Waals surface area contributed by atoms with Crippen molar-refractivity contribution in [2.24, 2.45) is 0 Å². The van der Waals surface area contributed by atoms with Gasteiger partial charge in [-0.25, -0.2) is 8.42 Å². The van der Waals surface area contributed by atoms with Crippen LogP contribution >= 0.6 is 11.6 Å². The highest BCUT2D eigenvalue weighted by Gasteiger charge is 2.38. The monoisotopic (exact) mass is 372 g/mol. The fourth-order valence-electron chi connectivity index (χ4n) is 3.37. The van der Waals surface area contributed by atoms with Gasteiger partial charge in [0, 0.05) is 18.1 Å². The van der Waals surface area contributed by atoms with Crippen LogP contribution in [0.1, 0.15) is 25.7 Å². The molecule has 8 heteroatoms. The minimum Gasteiger partial charge on any atom is -0.476 e. The van der Waals surface area contributed by atoms with Crippen LogP contribution in [0.2, 0.25) is 5.02 Å². The second kappa shape index (κ2) is 6.44. The van der Waals surface area contributed by atoms with Crippen molar-refractivity contribution in [1.82, 2.24) is 4.90 Å². The molecule has 2 aliphatic rings. The maximum atomic E-state index is 12.8. The fraction of sp³-hybridized carbons (Fsp3) is 0.562. The molecule has 0 saturated heterocycles. The average molecular weight is 373 g/mol. The zero-order valence-electron chi connectivity index (χ0n) is 13.7. The second-order valence-electron chi connectivity index (χ2n) is 6.40. The first-order valence-electron chi connectivity index (χ1n) is 7.98. The van der Waals surface area contributed by atoms with Crippen molar-refractivity contribution in [3.05, 3.63) is 23.2 Å². The molecule has 1 saturated carbocycles. The van der Waals surface area contributed by atoms with E-state index in [2.05, 4.69) is 0 Å². The number of anilines is 1. The Morgan fingerprint density at radius 1 is 1.33 bits per heavy atom. The van der Waals surface area contributed by atoms with Crippen molar-refractivity contribution in [3.8, 4) is 5.75 Å². The number of carbonyl (C=O) groups is 1. The fourth-order valence-corrected chi connectivity index (χ4v) is 4.44. The maximum absolute atomic E-state index is 12.8. The van der Waals surface area contributed by atoms with Crippen LogP contribution in [0.25, 0.3) is 0 Å². The SMILES string of the molecule is CN(C(=O)[C@H]1CN(S(C)(=O)=O)c2cc(Cl)ccc2O1)C1CCCC1. The Bertz CT molecular complexity index is 746. The summed E-state index contributed by atoms with van der Waals surface area (Å²) >= 11 is 5.98. The Morgan fingerprint density at radius 3 is 2.62 bits per heavy atom. The topological polar surface area (TPSA) is 66.9 Å². The molecule has 1 atom stereocenters. The molecule has 1 aromatic carbocycles. The van der Waals surface area contributed by atoms with Gasteiger partial charge in [0.05, 0.1) is 18.5 Å². The lowest BCUT2D eigenvalue weighted by Crippen LogP contribution is -2.52. The number of halogens is 1. The van der Waals surface area contributed by atoms with Crippen LogP contribution in [-0.2, 0) is 14.8 Å². The van der Waals surface area contributed by atoms with Crippen molar-refractivity contribution in [1.29, 1.82) is 0 Å². The molecule has 1 aromatic rings. The molecular weight excluding hydrogens is 352 g/mol. The van der Waals surface area contributed by atoms with Gasteiger partial charge in [0.15, 0.2) is 6.10 Å². The van der Waals surface area contributed by atoms with E-state index in [0.717, 1.165) is 31.9 Å². The molecule has 24 heavy (non-hydrogen) atoms. The van der Waals surface area contributed by atoms with E-state index in [-0.39, 0.29) is 18.5 Å². The summed E-state index contributed by atoms with van der Waals surface area (Å²) in [4.78, 5) is 14.5. The van der Waals surface area contributed by atoms with Gasteiger partial charge in [0.25, 0.3) is 5.91 Å². The van der Waals surface area contributed by atoms with E-state index in [0.29, 0.717) is 16.5 Å². The highest BCUT2D eigenvalue weighted by Crippen LogP contribution is 2.37. The molecule has 1 aliphatic heterocycles. The predicted octanol–water partition coefficient (Wildman–Crippen LogP) is 2.27. The summed E-state index contributed by atoms with van der Waals surface area (Å²) in [6, 6.07) is 4.97. The van der Waals surface area contributed by atoms with Crippen LogP contribution in [0, 0.1) is 0 Å². The molecule has 0 radical (unpaired) electrons. The Labute approximate surface area is 147 Å². The number of ether oxygens (including phenoxy) is 1. The predicted molar refractivity (Wildman–Crippen MR) is 93.1 cm³/mol. The van der Waals surface area contributed by atoms with Crippen LogP contribution in [0.3, 0.4) is 0 Å². The van der Waals surface area contributed by atoms with Gasteiger partial charge >= 0.3 is 0 Å². The smallest absolute Gasteiger partial charge is 0.265 e. The van der Waals surface area contributed by atoms with Crippen molar-refractivity contribution >= 4 is 33.2 Å². The number of hydrogen-bond donors (Lipinski definition) is 0. The third-order valence-corrected chi connectivity index (χ3v) is 6.07. The van der Waals surface area contributed by atoms with Crippen molar-refractivity contribution < 1.29 is 17.9 Å². The minimum atomic E-state index is -3.54. The van der Waals surface area contributed by atoms with Crippen LogP contribution in [-0.4, -0.2) is 51.2 Å². The molecular formula is C16H21ClN2O4S. The summed E-state index contributed by atoms with van der Waals surface area (Å²) in [6.07, 6.45) is 4.47. The van der Waals surface area contributed by atoms with Crippen LogP contribution < -0.4 is 9.04 Å². The Hall–Kier alpha value is -1.47. The maximum Gasteiger partial charge on any atom is 0.265 e. The normalized spacial score (nSPS) is 21.3. The highest BCUT2D eigenvalue weighted by molar-refractivity contribution is 7.92. The van der Waals surface area contributed by atoms with E-state index >= 15 is 0 Å². The van der Waals surface area contributed by atoms with Crippen LogP contribution in [0.4, 0.5) is 5.69 Å². The summed E-state index contributed by atoms with van der Waals surface area (Å²) in [5.74, 6) is 0.172. The third kappa shape index (κ3) is 3.32. The molecule has 0 aromatic heterocycles. The van der Waals surface area contributed by atoms with Gasteiger partial charge in [-0.15, -0.1) is 0 Å². The molecule has 132 valence electrons. The number of likely N-dealkylation sites (N-methyl/N-ethyl adjacent to an activating group) is 1. The van der Waals surface area contributed by atoms with E-state index < -0.39 is 16.1 Å². The molecule has 3 rings (SSSR count). The van der Waals surface area contributed by atoms with E-state index in [1.807, 2.05) is 0 Å². The summed E-state index contributed by atoms with van der Waals surface area (Å²) in [5.41, 5.74) is 0.373. The number of nitrogens with zero attached hydrogens (tertiary/aromatic N) is 2. The van der Waals surface area contributed by atoms with Gasteiger partial charge in [0.2, 0.25) is 10.0 Å². The van der Waals surface area contributed by atoms with Gasteiger partial charge in [-0.1, -0.05) is 24.4 Å². The van der Waals surface area contributed by atoms with Gasteiger partial charge < -0.3 is 9.64 Å². The molecule has 0 N–H and O–H groups in total. The van der Waals surface area contributed by atoms with Crippen molar-refractivity contribution in [2.75, 3.05) is 24.2 Å². The zero-order valence-corrected chi connectivity index (χ0v) is 15.3. The van der Waals surface area contributed by atoms with Crippen LogP contribution in [0.5, 0.6) is 5.75 Å². The Balaban J connectivity index is 1.89. The van der Waals surface area contributed by atoms with Crippen LogP contribution in [0.15, 0.2) is 18.2 Å². The lowest BCUT2D eigenvalue weighted by atomic mass is 10.1. The molecule has 1 fully saturated rings.